The predicted octanol–water partition coefficient (Wildman–Crippen LogP) is 3.37. The van der Waals surface area contributed by atoms with Crippen LogP contribution < -0.4 is 15.8 Å². The predicted molar refractivity (Wildman–Crippen MR) is 151 cm³/mol. The normalized spacial score (nSPS) is 18.4. The molecule has 6 rings (SSSR count). The molecule has 1 N–H and O–H groups in total. The molecule has 1 fully saturated rings. The number of carbonyl (C=O) groups is 2. The number of rotatable bonds is 5. The molecule has 0 aliphatic carbocycles. The third kappa shape index (κ3) is 4.08. The second-order valence-corrected chi connectivity index (χ2v) is 10.7. The van der Waals surface area contributed by atoms with Crippen LogP contribution in [0.5, 0.6) is 0 Å². The van der Waals surface area contributed by atoms with Gasteiger partial charge < -0.3 is 14.8 Å². The van der Waals surface area contributed by atoms with Gasteiger partial charge in [-0.25, -0.2) is 4.68 Å². The van der Waals surface area contributed by atoms with Gasteiger partial charge in [-0.2, -0.15) is 10.2 Å². The number of nitrogens with zero attached hydrogens (tertiary/aromatic N) is 6. The number of pyridine rings is 1. The van der Waals surface area contributed by atoms with Crippen molar-refractivity contribution in [3.63, 3.8) is 0 Å². The molecule has 5 aromatic rings. The Morgan fingerprint density at radius 3 is 2.40 bits per heavy atom. The number of anilines is 1. The molecule has 202 valence electrons. The number of nitrogens with one attached hydrogen (secondary N) is 1. The van der Waals surface area contributed by atoms with E-state index in [2.05, 4.69) is 15.5 Å². The van der Waals surface area contributed by atoms with Gasteiger partial charge >= 0.3 is 0 Å². The summed E-state index contributed by atoms with van der Waals surface area (Å²) in [7, 11) is 3.45. The van der Waals surface area contributed by atoms with E-state index in [0.717, 1.165) is 22.2 Å². The molecule has 2 atom stereocenters. The summed E-state index contributed by atoms with van der Waals surface area (Å²) < 4.78 is 4.84. The summed E-state index contributed by atoms with van der Waals surface area (Å²) in [6, 6.07) is 19.4. The molecular formula is C30H29N7O3. The van der Waals surface area contributed by atoms with Crippen molar-refractivity contribution < 1.29 is 9.59 Å². The third-order valence-corrected chi connectivity index (χ3v) is 7.66. The van der Waals surface area contributed by atoms with E-state index in [1.54, 1.807) is 59.1 Å². The average molecular weight is 536 g/mol. The molecule has 1 saturated heterocycles. The minimum absolute atomic E-state index is 0.0996. The van der Waals surface area contributed by atoms with Crippen LogP contribution in [0.2, 0.25) is 0 Å². The lowest BCUT2D eigenvalue weighted by atomic mass is 9.82. The Morgan fingerprint density at radius 2 is 1.70 bits per heavy atom. The van der Waals surface area contributed by atoms with Gasteiger partial charge in [0.2, 0.25) is 11.5 Å². The average Bonchev–Trinajstić information content (AvgIpc) is 3.62. The topological polar surface area (TPSA) is 107 Å². The van der Waals surface area contributed by atoms with Crippen molar-refractivity contribution >= 4 is 28.4 Å². The van der Waals surface area contributed by atoms with Crippen molar-refractivity contribution in [3.8, 4) is 5.69 Å². The number of aromatic nitrogens is 5. The molecule has 0 spiro atoms. The third-order valence-electron chi connectivity index (χ3n) is 7.66. The second-order valence-electron chi connectivity index (χ2n) is 10.7. The van der Waals surface area contributed by atoms with E-state index in [1.807, 2.05) is 62.4 Å². The van der Waals surface area contributed by atoms with Gasteiger partial charge in [-0.05, 0) is 49.7 Å². The van der Waals surface area contributed by atoms with Crippen LogP contribution in [-0.2, 0) is 18.9 Å². The van der Waals surface area contributed by atoms with Crippen LogP contribution in [0.25, 0.3) is 16.6 Å². The zero-order valence-corrected chi connectivity index (χ0v) is 22.6. The van der Waals surface area contributed by atoms with Gasteiger partial charge in [0.1, 0.15) is 5.69 Å². The number of hydrogen-bond donors (Lipinski definition) is 1. The van der Waals surface area contributed by atoms with E-state index in [-0.39, 0.29) is 17.4 Å². The Morgan fingerprint density at radius 1 is 0.950 bits per heavy atom. The molecule has 0 unspecified atom stereocenters. The van der Waals surface area contributed by atoms with Gasteiger partial charge in [0, 0.05) is 43.6 Å². The lowest BCUT2D eigenvalue weighted by Gasteiger charge is -2.30. The Kier molecular flexibility index (Phi) is 5.90. The maximum absolute atomic E-state index is 14.1. The lowest BCUT2D eigenvalue weighted by Crippen LogP contribution is -2.46. The Balaban J connectivity index is 1.43. The van der Waals surface area contributed by atoms with E-state index in [0.29, 0.717) is 11.4 Å². The van der Waals surface area contributed by atoms with E-state index >= 15 is 0 Å². The summed E-state index contributed by atoms with van der Waals surface area (Å²) in [5.74, 6) is -0.430. The number of carbonyl (C=O) groups excluding carboxylic acids is 2. The van der Waals surface area contributed by atoms with Crippen LogP contribution in [0.3, 0.4) is 0 Å². The van der Waals surface area contributed by atoms with E-state index in [1.165, 1.54) is 10.6 Å². The fourth-order valence-corrected chi connectivity index (χ4v) is 5.47. The Bertz CT molecular complexity index is 1820. The highest BCUT2D eigenvalue weighted by Gasteiger charge is 2.55. The summed E-state index contributed by atoms with van der Waals surface area (Å²) in [6.45, 7) is 3.73. The zero-order chi connectivity index (χ0) is 28.2. The van der Waals surface area contributed by atoms with Crippen LogP contribution in [0.15, 0.2) is 90.1 Å². The van der Waals surface area contributed by atoms with Crippen LogP contribution in [0.1, 0.15) is 35.9 Å². The van der Waals surface area contributed by atoms with E-state index < -0.39 is 17.5 Å². The van der Waals surface area contributed by atoms with Crippen LogP contribution >= 0.6 is 0 Å². The summed E-state index contributed by atoms with van der Waals surface area (Å²) in [5.41, 5.74) is 2.49. The highest BCUT2D eigenvalue weighted by Crippen LogP contribution is 2.47. The molecule has 10 heteroatoms. The van der Waals surface area contributed by atoms with Gasteiger partial charge in [0.15, 0.2) is 0 Å². The van der Waals surface area contributed by atoms with Crippen molar-refractivity contribution in [1.29, 1.82) is 0 Å². The highest BCUT2D eigenvalue weighted by atomic mass is 16.2. The largest absolute Gasteiger partial charge is 0.344 e. The molecule has 0 radical (unpaired) electrons. The van der Waals surface area contributed by atoms with Gasteiger partial charge in [-0.1, -0.05) is 30.3 Å². The molecule has 2 amide bonds. The summed E-state index contributed by atoms with van der Waals surface area (Å²) in [5, 5.41) is 12.8. The monoisotopic (exact) mass is 535 g/mol. The molecule has 0 saturated carbocycles. The number of aryl methyl sites for hydroxylation is 2. The van der Waals surface area contributed by atoms with Crippen molar-refractivity contribution in [2.24, 2.45) is 19.5 Å². The van der Waals surface area contributed by atoms with Gasteiger partial charge in [0.05, 0.1) is 34.9 Å². The number of fused-ring (bicyclic) bond motifs is 1. The molecule has 2 aromatic carbocycles. The summed E-state index contributed by atoms with van der Waals surface area (Å²) in [4.78, 5) is 41.0. The summed E-state index contributed by atoms with van der Waals surface area (Å²) in [6.07, 6.45) is 5.19. The Hall–Kier alpha value is -4.99. The minimum atomic E-state index is -0.904. The van der Waals surface area contributed by atoms with Crippen molar-refractivity contribution in [2.75, 3.05) is 4.90 Å². The molecule has 1 aliphatic rings. The number of hydrogen-bond acceptors (Lipinski definition) is 5. The van der Waals surface area contributed by atoms with Gasteiger partial charge in [-0.3, -0.25) is 19.1 Å². The van der Waals surface area contributed by atoms with E-state index in [9.17, 15) is 14.4 Å². The highest BCUT2D eigenvalue weighted by molar-refractivity contribution is 6.04. The van der Waals surface area contributed by atoms with Crippen molar-refractivity contribution in [2.45, 2.75) is 25.9 Å². The SMILES string of the molecule is Cn1ccc(C(=O)N[C@H]2[C@H](c3ccccc3)N(c3ccc4c(cnn4-c4ccc(=O)n(C)c4)c3)C(=O)C2(C)C)n1. The van der Waals surface area contributed by atoms with Gasteiger partial charge in [0.25, 0.3) is 5.91 Å². The first-order valence-electron chi connectivity index (χ1n) is 13.0. The molecular weight excluding hydrogens is 506 g/mol. The van der Waals surface area contributed by atoms with E-state index in [4.69, 9.17) is 0 Å². The Labute approximate surface area is 230 Å². The smallest absolute Gasteiger partial charge is 0.272 e. The van der Waals surface area contributed by atoms with Crippen LogP contribution in [0.4, 0.5) is 5.69 Å². The maximum atomic E-state index is 14.1. The van der Waals surface area contributed by atoms with Crippen LogP contribution in [0, 0.1) is 5.41 Å². The molecule has 10 nitrogen and oxygen atoms in total. The quantitative estimate of drug-likeness (QED) is 0.371. The number of amides is 2. The molecule has 3 aromatic heterocycles. The maximum Gasteiger partial charge on any atom is 0.272 e. The fourth-order valence-electron chi connectivity index (χ4n) is 5.47. The molecule has 1 aliphatic heterocycles. The zero-order valence-electron chi connectivity index (χ0n) is 22.6. The number of benzene rings is 2. The molecule has 0 bridgehead atoms. The van der Waals surface area contributed by atoms with Gasteiger partial charge in [-0.15, -0.1) is 0 Å². The molecule has 40 heavy (non-hydrogen) atoms. The fraction of sp³-hybridized carbons (Fsp3) is 0.233. The first kappa shape index (κ1) is 25.3. The van der Waals surface area contributed by atoms with Crippen molar-refractivity contribution in [1.82, 2.24) is 29.4 Å². The van der Waals surface area contributed by atoms with Crippen molar-refractivity contribution in [3.05, 3.63) is 107 Å². The first-order valence-corrected chi connectivity index (χ1v) is 13.0. The molecule has 4 heterocycles. The standard InChI is InChI=1S/C30H29N7O3/c1-30(2)27(32-28(39)23-14-15-35(4)33-23)26(19-8-6-5-7-9-19)36(29(30)40)21-10-12-24-20(16-21)17-31-37(24)22-11-13-25(38)34(3)18-22/h5-18,26-27H,1-4H3,(H,32,39)/t26-,27-/m0/s1. The first-order chi connectivity index (χ1) is 19.1. The summed E-state index contributed by atoms with van der Waals surface area (Å²) >= 11 is 0. The second kappa shape index (κ2) is 9.33. The minimum Gasteiger partial charge on any atom is -0.344 e. The lowest BCUT2D eigenvalue weighted by molar-refractivity contribution is -0.124. The van der Waals surface area contributed by atoms with Crippen LogP contribution in [-0.4, -0.2) is 42.0 Å².